The molecule has 0 spiro atoms. The largest absolute Gasteiger partial charge is 0.493 e. The van der Waals surface area contributed by atoms with Crippen LogP contribution in [0.4, 0.5) is 5.69 Å². The fourth-order valence-corrected chi connectivity index (χ4v) is 3.20. The van der Waals surface area contributed by atoms with E-state index in [-0.39, 0.29) is 6.04 Å². The highest BCUT2D eigenvalue weighted by Crippen LogP contribution is 2.39. The summed E-state index contributed by atoms with van der Waals surface area (Å²) in [5.74, 6) is 1.38. The highest BCUT2D eigenvalue weighted by atomic mass is 35.5. The average Bonchev–Trinajstić information content (AvgIpc) is 2.85. The van der Waals surface area contributed by atoms with Gasteiger partial charge in [-0.05, 0) is 25.5 Å². The maximum atomic E-state index is 6.44. The Morgan fingerprint density at radius 2 is 2.04 bits per heavy atom. The lowest BCUT2D eigenvalue weighted by atomic mass is 10.1. The van der Waals surface area contributed by atoms with Gasteiger partial charge in [-0.1, -0.05) is 37.1 Å². The zero-order valence-corrected chi connectivity index (χ0v) is 14.4. The van der Waals surface area contributed by atoms with Crippen LogP contribution in [-0.2, 0) is 0 Å². The lowest BCUT2D eigenvalue weighted by Gasteiger charge is -2.14. The van der Waals surface area contributed by atoms with Crippen LogP contribution in [0.15, 0.2) is 24.3 Å². The third-order valence-corrected chi connectivity index (χ3v) is 4.15. The van der Waals surface area contributed by atoms with Crippen molar-refractivity contribution in [3.8, 4) is 17.1 Å². The average molecular weight is 333 g/mol. The van der Waals surface area contributed by atoms with Crippen LogP contribution in [0, 0.1) is 0 Å². The van der Waals surface area contributed by atoms with Gasteiger partial charge in [0.2, 0.25) is 0 Å². The van der Waals surface area contributed by atoms with Crippen molar-refractivity contribution in [3.05, 3.63) is 35.1 Å². The maximum Gasteiger partial charge on any atom is 0.165 e. The lowest BCUT2D eigenvalue weighted by molar-refractivity contribution is 0.341. The van der Waals surface area contributed by atoms with Gasteiger partial charge in [-0.3, -0.25) is 0 Å². The van der Waals surface area contributed by atoms with Crippen LogP contribution < -0.4 is 15.2 Å². The monoisotopic (exact) mass is 332 g/mol. The molecule has 0 amide bonds. The number of halogens is 1. The molecule has 1 atom stereocenters. The molecule has 122 valence electrons. The Hall–Kier alpha value is -1.85. The molecule has 0 saturated carbocycles. The van der Waals surface area contributed by atoms with Crippen molar-refractivity contribution in [2.24, 2.45) is 0 Å². The fraction of sp³-hybridized carbons (Fsp3) is 0.412. The Labute approximate surface area is 141 Å². The summed E-state index contributed by atoms with van der Waals surface area (Å²) in [6.45, 7) is 4.72. The Bertz CT molecular complexity index is 707. The van der Waals surface area contributed by atoms with Crippen molar-refractivity contribution in [1.29, 1.82) is 0 Å². The molecular weight excluding hydrogens is 312 g/mol. The van der Waals surface area contributed by atoms with Crippen molar-refractivity contribution >= 4 is 17.3 Å². The number of hydrogen-bond donors (Lipinski definition) is 1. The predicted octanol–water partition coefficient (Wildman–Crippen LogP) is 3.99. The van der Waals surface area contributed by atoms with E-state index in [0.717, 1.165) is 35.5 Å². The first kappa shape index (κ1) is 16.0. The molecule has 23 heavy (non-hydrogen) atoms. The van der Waals surface area contributed by atoms with Gasteiger partial charge in [-0.25, -0.2) is 15.4 Å². The minimum Gasteiger partial charge on any atom is -0.493 e. The van der Waals surface area contributed by atoms with Crippen LogP contribution in [0.1, 0.15) is 38.4 Å². The Balaban J connectivity index is 2.10. The van der Waals surface area contributed by atoms with Crippen molar-refractivity contribution in [1.82, 2.24) is 15.4 Å². The number of aromatic nitrogens is 2. The van der Waals surface area contributed by atoms with E-state index in [4.69, 9.17) is 21.3 Å². The smallest absolute Gasteiger partial charge is 0.165 e. The van der Waals surface area contributed by atoms with Crippen LogP contribution in [0.5, 0.6) is 5.75 Å². The van der Waals surface area contributed by atoms with Crippen molar-refractivity contribution in [2.45, 2.75) is 32.7 Å². The Morgan fingerprint density at radius 1 is 1.26 bits per heavy atom. The maximum absolute atomic E-state index is 6.44. The molecule has 2 heterocycles. The zero-order valence-electron chi connectivity index (χ0n) is 13.6. The number of nitrogens with one attached hydrogen (secondary N) is 1. The number of rotatable bonds is 5. The summed E-state index contributed by atoms with van der Waals surface area (Å²) < 4.78 is 5.70. The molecule has 0 bridgehead atoms. The summed E-state index contributed by atoms with van der Waals surface area (Å²) in [6, 6.07) is 7.95. The molecule has 3 rings (SSSR count). The van der Waals surface area contributed by atoms with Crippen molar-refractivity contribution < 1.29 is 4.74 Å². The number of hydrazine groups is 1. The summed E-state index contributed by atoms with van der Waals surface area (Å²) in [5, 5.41) is 2.38. The lowest BCUT2D eigenvalue weighted by Crippen LogP contribution is -2.30. The first-order chi connectivity index (χ1) is 11.2. The number of anilines is 1. The second-order valence-electron chi connectivity index (χ2n) is 5.53. The summed E-state index contributed by atoms with van der Waals surface area (Å²) in [4.78, 5) is 9.29. The molecule has 1 aliphatic heterocycles. The van der Waals surface area contributed by atoms with Crippen molar-refractivity contribution in [2.75, 3.05) is 18.7 Å². The van der Waals surface area contributed by atoms with Gasteiger partial charge in [0.05, 0.1) is 23.9 Å². The van der Waals surface area contributed by atoms with Gasteiger partial charge in [0.1, 0.15) is 11.4 Å². The van der Waals surface area contributed by atoms with Gasteiger partial charge in [-0.15, -0.1) is 0 Å². The molecule has 6 heteroatoms. The van der Waals surface area contributed by atoms with Gasteiger partial charge >= 0.3 is 0 Å². The molecule has 1 aliphatic rings. The molecule has 0 aliphatic carbocycles. The standard InChI is InChI=1S/C17H21ClN4O/c1-4-8-12-14-15(22(3)21-12)16(18)20-17(19-14)11-9-6-7-10-13(11)23-5-2/h6-7,9-10,12,21H,4-5,8H2,1-3H3. The van der Waals surface area contributed by atoms with E-state index in [1.54, 1.807) is 0 Å². The summed E-state index contributed by atoms with van der Waals surface area (Å²) in [7, 11) is 1.94. The molecule has 0 radical (unpaired) electrons. The van der Waals surface area contributed by atoms with Crippen LogP contribution in [0.25, 0.3) is 11.4 Å². The molecule has 0 fully saturated rings. The van der Waals surface area contributed by atoms with Gasteiger partial charge < -0.3 is 9.75 Å². The Morgan fingerprint density at radius 3 is 2.78 bits per heavy atom. The van der Waals surface area contributed by atoms with Gasteiger partial charge in [-0.2, -0.15) is 0 Å². The third kappa shape index (κ3) is 2.99. The molecular formula is C17H21ClN4O. The SMILES string of the molecule is CCCC1NN(C)c2c(Cl)nc(-c3ccccc3OCC)nc21. The minimum atomic E-state index is 0.165. The quantitative estimate of drug-likeness (QED) is 0.839. The molecule has 0 saturated heterocycles. The van der Waals surface area contributed by atoms with Crippen LogP contribution in [-0.4, -0.2) is 23.6 Å². The van der Waals surface area contributed by atoms with Crippen molar-refractivity contribution in [3.63, 3.8) is 0 Å². The molecule has 1 aromatic carbocycles. The highest BCUT2D eigenvalue weighted by Gasteiger charge is 2.31. The number of ether oxygens (including phenoxy) is 1. The van der Waals surface area contributed by atoms with E-state index in [1.807, 2.05) is 43.2 Å². The third-order valence-electron chi connectivity index (χ3n) is 3.89. The number of hydrogen-bond acceptors (Lipinski definition) is 5. The first-order valence-electron chi connectivity index (χ1n) is 7.95. The number of para-hydroxylation sites is 1. The van der Waals surface area contributed by atoms with E-state index < -0.39 is 0 Å². The normalized spacial score (nSPS) is 16.5. The van der Waals surface area contributed by atoms with E-state index in [1.165, 1.54) is 0 Å². The van der Waals surface area contributed by atoms with Gasteiger partial charge in [0.25, 0.3) is 0 Å². The zero-order chi connectivity index (χ0) is 16.4. The highest BCUT2D eigenvalue weighted by molar-refractivity contribution is 6.32. The van der Waals surface area contributed by atoms with Gasteiger partial charge in [0, 0.05) is 7.05 Å². The second-order valence-corrected chi connectivity index (χ2v) is 5.89. The van der Waals surface area contributed by atoms with E-state index in [2.05, 4.69) is 17.3 Å². The second kappa shape index (κ2) is 6.72. The number of fused-ring (bicyclic) bond motifs is 1. The predicted molar refractivity (Wildman–Crippen MR) is 92.8 cm³/mol. The number of benzene rings is 1. The molecule has 5 nitrogen and oxygen atoms in total. The summed E-state index contributed by atoms with van der Waals surface area (Å²) in [5.41, 5.74) is 6.08. The number of nitrogens with zero attached hydrogens (tertiary/aromatic N) is 3. The molecule has 1 unspecified atom stereocenters. The van der Waals surface area contributed by atoms with Crippen LogP contribution in [0.3, 0.4) is 0 Å². The van der Waals surface area contributed by atoms with Crippen LogP contribution >= 0.6 is 11.6 Å². The summed E-state index contributed by atoms with van der Waals surface area (Å²) in [6.07, 6.45) is 2.06. The van der Waals surface area contributed by atoms with Gasteiger partial charge in [0.15, 0.2) is 11.0 Å². The van der Waals surface area contributed by atoms with E-state index in [0.29, 0.717) is 17.6 Å². The Kier molecular flexibility index (Phi) is 4.68. The van der Waals surface area contributed by atoms with Crippen LogP contribution in [0.2, 0.25) is 5.15 Å². The summed E-state index contributed by atoms with van der Waals surface area (Å²) >= 11 is 6.44. The fourth-order valence-electron chi connectivity index (χ4n) is 2.90. The molecule has 1 aromatic heterocycles. The van der Waals surface area contributed by atoms with E-state index in [9.17, 15) is 0 Å². The topological polar surface area (TPSA) is 50.3 Å². The first-order valence-corrected chi connectivity index (χ1v) is 8.33. The molecule has 2 aromatic rings. The molecule has 1 N–H and O–H groups in total. The minimum absolute atomic E-state index is 0.165. The van der Waals surface area contributed by atoms with E-state index >= 15 is 0 Å².